The molecule has 0 unspecified atom stereocenters. The third kappa shape index (κ3) is 2.95. The molecule has 1 saturated heterocycles. The highest BCUT2D eigenvalue weighted by molar-refractivity contribution is 5.92. The van der Waals surface area contributed by atoms with Gasteiger partial charge in [0.15, 0.2) is 11.4 Å². The quantitative estimate of drug-likeness (QED) is 0.568. The number of carbonyl (C=O) groups excluding carboxylic acids is 2. The highest BCUT2D eigenvalue weighted by atomic mass is 16.6. The molecule has 1 aliphatic heterocycles. The molecule has 0 aromatic carbocycles. The van der Waals surface area contributed by atoms with Crippen LogP contribution in [0, 0.1) is 16.7 Å². The van der Waals surface area contributed by atoms with Crippen molar-refractivity contribution >= 4 is 11.9 Å². The SMILES string of the molecule is C=C[C@@]1(C)CC(=O)[C@]2(O)[C@@]3(C)[C@@H](OC(=O)n4ccnc4)CCC(C)(C)[C@@H]3[C@H](O)[C@H](O)[C@@]2(C)O1. The van der Waals surface area contributed by atoms with E-state index >= 15 is 0 Å². The molecule has 0 radical (unpaired) electrons. The van der Waals surface area contributed by atoms with Crippen molar-refractivity contribution in [2.24, 2.45) is 16.7 Å². The van der Waals surface area contributed by atoms with Crippen molar-refractivity contribution in [1.29, 1.82) is 0 Å². The Bertz CT molecular complexity index is 977. The lowest BCUT2D eigenvalue weighted by Crippen LogP contribution is -2.86. The van der Waals surface area contributed by atoms with Crippen LogP contribution in [-0.2, 0) is 14.3 Å². The summed E-state index contributed by atoms with van der Waals surface area (Å²) in [4.78, 5) is 30.5. The number of ketones is 1. The number of ether oxygens (including phenoxy) is 2. The topological polar surface area (TPSA) is 131 Å². The van der Waals surface area contributed by atoms with E-state index in [0.717, 1.165) is 0 Å². The van der Waals surface area contributed by atoms with E-state index in [1.54, 1.807) is 13.8 Å². The van der Waals surface area contributed by atoms with Gasteiger partial charge in [0, 0.05) is 30.1 Å². The number of hydrogen-bond donors (Lipinski definition) is 3. The lowest BCUT2D eigenvalue weighted by molar-refractivity contribution is -0.369. The Hall–Kier alpha value is -2.07. The van der Waals surface area contributed by atoms with Crippen LogP contribution < -0.4 is 0 Å². The molecule has 0 bridgehead atoms. The summed E-state index contributed by atoms with van der Waals surface area (Å²) in [7, 11) is 0. The van der Waals surface area contributed by atoms with Gasteiger partial charge in [-0.2, -0.15) is 0 Å². The highest BCUT2D eigenvalue weighted by Gasteiger charge is 2.81. The largest absolute Gasteiger partial charge is 0.445 e. The van der Waals surface area contributed by atoms with E-state index in [0.29, 0.717) is 12.8 Å². The van der Waals surface area contributed by atoms with E-state index in [1.807, 2.05) is 13.8 Å². The Labute approximate surface area is 193 Å². The third-order valence-corrected chi connectivity index (χ3v) is 8.69. The zero-order valence-electron chi connectivity index (χ0n) is 19.8. The van der Waals surface area contributed by atoms with Crippen molar-refractivity contribution in [2.45, 2.75) is 89.0 Å². The Kier molecular flexibility index (Phi) is 5.26. The van der Waals surface area contributed by atoms with Gasteiger partial charge in [-0.25, -0.2) is 14.3 Å². The standard InChI is InChI=1S/C24H34N2O7/c1-7-21(4)12-14(27)24(31)22(5)15(32-19(30)26-11-10-25-13-26)8-9-20(2,3)17(22)16(28)18(29)23(24,6)33-21/h7,10-11,13,15-18,28-29,31H,1,8-9,12H2,2-6H3/t15-,16-,17-,18-,21-,22-,23+,24-/m0/s1. The first-order chi connectivity index (χ1) is 15.2. The van der Waals surface area contributed by atoms with Crippen molar-refractivity contribution < 1.29 is 34.4 Å². The first-order valence-electron chi connectivity index (χ1n) is 11.3. The molecule has 9 heteroatoms. The van der Waals surface area contributed by atoms with Crippen LogP contribution in [0.4, 0.5) is 4.79 Å². The summed E-state index contributed by atoms with van der Waals surface area (Å²) >= 11 is 0. The number of aromatic nitrogens is 2. The number of rotatable bonds is 2. The minimum Gasteiger partial charge on any atom is -0.445 e. The molecule has 0 amide bonds. The van der Waals surface area contributed by atoms with Crippen molar-refractivity contribution in [3.8, 4) is 0 Å². The zero-order chi connectivity index (χ0) is 24.6. The maximum absolute atomic E-state index is 13.8. The molecule has 33 heavy (non-hydrogen) atoms. The fourth-order valence-electron chi connectivity index (χ4n) is 7.03. The summed E-state index contributed by atoms with van der Waals surface area (Å²) in [6.07, 6.45) is 1.84. The zero-order valence-corrected chi connectivity index (χ0v) is 19.8. The van der Waals surface area contributed by atoms with Crippen LogP contribution in [0.2, 0.25) is 0 Å². The molecule has 3 aliphatic rings. The Balaban J connectivity index is 1.90. The number of fused-ring (bicyclic) bond motifs is 3. The fraction of sp³-hybridized carbons (Fsp3) is 0.708. The average Bonchev–Trinajstić information content (AvgIpc) is 3.27. The third-order valence-electron chi connectivity index (χ3n) is 8.69. The first-order valence-corrected chi connectivity index (χ1v) is 11.3. The van der Waals surface area contributed by atoms with E-state index in [2.05, 4.69) is 11.6 Å². The monoisotopic (exact) mass is 462 g/mol. The van der Waals surface area contributed by atoms with Crippen LogP contribution >= 0.6 is 0 Å². The minimum atomic E-state index is -2.25. The summed E-state index contributed by atoms with van der Waals surface area (Å²) < 4.78 is 13.3. The van der Waals surface area contributed by atoms with Gasteiger partial charge in [-0.1, -0.05) is 26.8 Å². The summed E-state index contributed by atoms with van der Waals surface area (Å²) in [6.45, 7) is 12.4. The minimum absolute atomic E-state index is 0.170. The average molecular weight is 463 g/mol. The van der Waals surface area contributed by atoms with Gasteiger partial charge >= 0.3 is 6.09 Å². The van der Waals surface area contributed by atoms with Gasteiger partial charge in [-0.3, -0.25) is 4.79 Å². The first kappa shape index (κ1) is 24.1. The van der Waals surface area contributed by atoms with Crippen LogP contribution in [0.15, 0.2) is 31.4 Å². The number of carbonyl (C=O) groups is 2. The molecule has 3 N–H and O–H groups in total. The van der Waals surface area contributed by atoms with Crippen LogP contribution in [0.5, 0.6) is 0 Å². The second kappa shape index (κ2) is 7.21. The van der Waals surface area contributed by atoms with Gasteiger partial charge in [0.2, 0.25) is 0 Å². The molecule has 4 rings (SSSR count). The number of nitrogens with zero attached hydrogens (tertiary/aromatic N) is 2. The molecule has 1 aromatic rings. The molecule has 3 fully saturated rings. The van der Waals surface area contributed by atoms with Crippen molar-refractivity contribution in [1.82, 2.24) is 9.55 Å². The van der Waals surface area contributed by atoms with Crippen LogP contribution in [0.25, 0.3) is 0 Å². The lowest BCUT2D eigenvalue weighted by atomic mass is 9.40. The van der Waals surface area contributed by atoms with Gasteiger partial charge in [0.1, 0.15) is 24.1 Å². The van der Waals surface area contributed by atoms with E-state index in [1.165, 1.54) is 36.3 Å². The molecule has 1 aromatic heterocycles. The lowest BCUT2D eigenvalue weighted by Gasteiger charge is -2.71. The number of hydrogen-bond acceptors (Lipinski definition) is 8. The van der Waals surface area contributed by atoms with E-state index in [9.17, 15) is 24.9 Å². The predicted molar refractivity (Wildman–Crippen MR) is 117 cm³/mol. The summed E-state index contributed by atoms with van der Waals surface area (Å²) in [5.41, 5.74) is -7.30. The summed E-state index contributed by atoms with van der Waals surface area (Å²) in [5, 5.41) is 35.1. The Morgan fingerprint density at radius 1 is 1.30 bits per heavy atom. The number of Topliss-reactive ketones (excluding diaryl/α,β-unsaturated/α-hetero) is 1. The van der Waals surface area contributed by atoms with Crippen molar-refractivity contribution in [3.63, 3.8) is 0 Å². The van der Waals surface area contributed by atoms with Gasteiger partial charge < -0.3 is 24.8 Å². The van der Waals surface area contributed by atoms with Gasteiger partial charge in [-0.15, -0.1) is 6.58 Å². The van der Waals surface area contributed by atoms with Gasteiger partial charge in [0.25, 0.3) is 0 Å². The second-order valence-corrected chi connectivity index (χ2v) is 11.1. The molecular formula is C24H34N2O7. The smallest absolute Gasteiger partial charge is 0.419 e. The molecule has 2 heterocycles. The number of imidazole rings is 1. The van der Waals surface area contributed by atoms with Crippen molar-refractivity contribution in [3.05, 3.63) is 31.4 Å². The molecule has 2 saturated carbocycles. The molecule has 2 aliphatic carbocycles. The fourth-order valence-corrected chi connectivity index (χ4v) is 7.03. The van der Waals surface area contributed by atoms with E-state index < -0.39 is 63.7 Å². The van der Waals surface area contributed by atoms with Crippen LogP contribution in [-0.4, -0.2) is 71.9 Å². The second-order valence-electron chi connectivity index (χ2n) is 11.1. The van der Waals surface area contributed by atoms with Crippen molar-refractivity contribution in [2.75, 3.05) is 0 Å². The summed E-state index contributed by atoms with van der Waals surface area (Å²) in [6, 6.07) is 0. The maximum atomic E-state index is 13.8. The molecular weight excluding hydrogens is 428 g/mol. The van der Waals surface area contributed by atoms with Gasteiger partial charge in [0.05, 0.1) is 11.7 Å². The van der Waals surface area contributed by atoms with Crippen LogP contribution in [0.3, 0.4) is 0 Å². The predicted octanol–water partition coefficient (Wildman–Crippen LogP) is 1.84. The molecule has 182 valence electrons. The number of aliphatic hydroxyl groups is 3. The van der Waals surface area contributed by atoms with E-state index in [4.69, 9.17) is 9.47 Å². The highest BCUT2D eigenvalue weighted by Crippen LogP contribution is 2.67. The molecule has 8 atom stereocenters. The van der Waals surface area contributed by atoms with Gasteiger partial charge in [-0.05, 0) is 32.1 Å². The molecule has 9 nitrogen and oxygen atoms in total. The number of aliphatic hydroxyl groups excluding tert-OH is 2. The Morgan fingerprint density at radius 2 is 1.97 bits per heavy atom. The normalized spacial score (nSPS) is 46.7. The Morgan fingerprint density at radius 3 is 2.55 bits per heavy atom. The van der Waals surface area contributed by atoms with E-state index in [-0.39, 0.29) is 6.42 Å². The summed E-state index contributed by atoms with van der Waals surface area (Å²) in [5.74, 6) is -1.31. The maximum Gasteiger partial charge on any atom is 0.419 e. The van der Waals surface area contributed by atoms with Crippen LogP contribution in [0.1, 0.15) is 53.9 Å². The molecule has 0 spiro atoms.